The van der Waals surface area contributed by atoms with Crippen molar-refractivity contribution >= 4 is 27.2 Å². The molecule has 0 atom stereocenters. The molecule has 0 spiro atoms. The van der Waals surface area contributed by atoms with Gasteiger partial charge in [0, 0.05) is 43.7 Å². The Hall–Kier alpha value is -2.17. The number of hydrogen-bond acceptors (Lipinski definition) is 7. The highest BCUT2D eigenvalue weighted by Gasteiger charge is 2.42. The monoisotopic (exact) mass is 463 g/mol. The van der Waals surface area contributed by atoms with E-state index in [0.29, 0.717) is 32.0 Å². The number of sulfonamides is 1. The van der Waals surface area contributed by atoms with E-state index in [1.165, 1.54) is 4.90 Å². The molecule has 2 aromatic rings. The lowest BCUT2D eigenvalue weighted by Crippen LogP contribution is -2.60. The van der Waals surface area contributed by atoms with Gasteiger partial charge in [-0.15, -0.1) is 0 Å². The Labute approximate surface area is 187 Å². The van der Waals surface area contributed by atoms with Crippen molar-refractivity contribution in [2.45, 2.75) is 61.8 Å². The molecular weight excluding hydrogens is 434 g/mol. The SMILES string of the molecule is O=C(OC1CCOCC1)N1CC(S(=O)(=O)NC2CCC(c3coc4cccnc34)CC2)C1. The van der Waals surface area contributed by atoms with Crippen molar-refractivity contribution in [1.29, 1.82) is 0 Å². The second kappa shape index (κ2) is 8.99. The summed E-state index contributed by atoms with van der Waals surface area (Å²) in [5, 5.41) is -0.579. The van der Waals surface area contributed by atoms with Gasteiger partial charge in [-0.1, -0.05) is 0 Å². The fourth-order valence-electron chi connectivity index (χ4n) is 4.82. The van der Waals surface area contributed by atoms with Gasteiger partial charge in [-0.2, -0.15) is 0 Å². The van der Waals surface area contributed by atoms with Crippen molar-refractivity contribution in [3.63, 3.8) is 0 Å². The molecule has 0 unspecified atom stereocenters. The molecule has 4 heterocycles. The van der Waals surface area contributed by atoms with Crippen molar-refractivity contribution in [2.75, 3.05) is 26.3 Å². The summed E-state index contributed by atoms with van der Waals surface area (Å²) in [6, 6.07) is 3.69. The number of hydrogen-bond donors (Lipinski definition) is 1. The smallest absolute Gasteiger partial charge is 0.410 e. The Morgan fingerprint density at radius 2 is 1.88 bits per heavy atom. The highest BCUT2D eigenvalue weighted by Crippen LogP contribution is 2.37. The Balaban J connectivity index is 1.09. The van der Waals surface area contributed by atoms with Gasteiger partial charge in [0.15, 0.2) is 5.58 Å². The maximum atomic E-state index is 12.8. The highest BCUT2D eigenvalue weighted by molar-refractivity contribution is 7.90. The zero-order valence-corrected chi connectivity index (χ0v) is 18.8. The second-order valence-electron chi connectivity index (χ2n) is 8.98. The summed E-state index contributed by atoms with van der Waals surface area (Å²) < 4.78 is 44.8. The molecule has 1 N–H and O–H groups in total. The van der Waals surface area contributed by atoms with Gasteiger partial charge >= 0.3 is 6.09 Å². The second-order valence-corrected chi connectivity index (χ2v) is 11.0. The third kappa shape index (κ3) is 4.49. The van der Waals surface area contributed by atoms with E-state index in [0.717, 1.165) is 42.3 Å². The fourth-order valence-corrected chi connectivity index (χ4v) is 6.47. The van der Waals surface area contributed by atoms with Crippen LogP contribution in [0.3, 0.4) is 0 Å². The third-order valence-corrected chi connectivity index (χ3v) is 8.67. The minimum atomic E-state index is -3.48. The summed E-state index contributed by atoms with van der Waals surface area (Å²) in [6.45, 7) is 1.54. The molecule has 0 radical (unpaired) electrons. The van der Waals surface area contributed by atoms with Crippen LogP contribution in [0.25, 0.3) is 11.1 Å². The van der Waals surface area contributed by atoms with Crippen LogP contribution in [0.2, 0.25) is 0 Å². The van der Waals surface area contributed by atoms with Crippen LogP contribution in [0.15, 0.2) is 29.0 Å². The first-order valence-electron chi connectivity index (χ1n) is 11.4. The number of aromatic nitrogens is 1. The molecule has 5 rings (SSSR count). The van der Waals surface area contributed by atoms with Crippen molar-refractivity contribution in [1.82, 2.24) is 14.6 Å². The fraction of sp³-hybridized carbons (Fsp3) is 0.636. The van der Waals surface area contributed by atoms with Crippen LogP contribution < -0.4 is 4.72 Å². The summed E-state index contributed by atoms with van der Waals surface area (Å²) in [4.78, 5) is 18.1. The molecule has 10 heteroatoms. The van der Waals surface area contributed by atoms with Crippen LogP contribution in [0, 0.1) is 0 Å². The molecular formula is C22H29N3O6S. The van der Waals surface area contributed by atoms with Gasteiger partial charge in [0.25, 0.3) is 0 Å². The lowest BCUT2D eigenvalue weighted by molar-refractivity contribution is -0.0154. The molecule has 1 saturated carbocycles. The maximum absolute atomic E-state index is 12.8. The zero-order valence-electron chi connectivity index (χ0n) is 17.9. The topological polar surface area (TPSA) is 111 Å². The van der Waals surface area contributed by atoms with Gasteiger partial charge in [-0.05, 0) is 43.7 Å². The molecule has 2 saturated heterocycles. The predicted octanol–water partition coefficient (Wildman–Crippen LogP) is 2.77. The number of likely N-dealkylation sites (tertiary alicyclic amines) is 1. The lowest BCUT2D eigenvalue weighted by Gasteiger charge is -2.39. The molecule has 3 aliphatic rings. The summed E-state index contributed by atoms with van der Waals surface area (Å²) in [5.74, 6) is 0.325. The Morgan fingerprint density at radius 3 is 2.62 bits per heavy atom. The molecule has 0 aromatic carbocycles. The lowest BCUT2D eigenvalue weighted by atomic mass is 9.82. The zero-order chi connectivity index (χ0) is 22.1. The summed E-state index contributed by atoms with van der Waals surface area (Å²) in [7, 11) is -3.48. The van der Waals surface area contributed by atoms with E-state index in [-0.39, 0.29) is 25.2 Å². The molecule has 0 bridgehead atoms. The van der Waals surface area contributed by atoms with E-state index in [1.807, 2.05) is 12.1 Å². The van der Waals surface area contributed by atoms with Crippen LogP contribution in [-0.2, 0) is 19.5 Å². The first kappa shape index (κ1) is 21.7. The van der Waals surface area contributed by atoms with E-state index in [9.17, 15) is 13.2 Å². The molecule has 174 valence electrons. The molecule has 3 fully saturated rings. The predicted molar refractivity (Wildman–Crippen MR) is 117 cm³/mol. The van der Waals surface area contributed by atoms with Gasteiger partial charge in [-0.25, -0.2) is 17.9 Å². The average molecular weight is 464 g/mol. The van der Waals surface area contributed by atoms with Gasteiger partial charge in [-0.3, -0.25) is 4.98 Å². The number of nitrogens with one attached hydrogen (secondary N) is 1. The summed E-state index contributed by atoms with van der Waals surface area (Å²) >= 11 is 0. The van der Waals surface area contributed by atoms with Crippen molar-refractivity contribution in [2.24, 2.45) is 0 Å². The number of ether oxygens (including phenoxy) is 2. The summed E-state index contributed by atoms with van der Waals surface area (Å²) in [5.41, 5.74) is 2.80. The van der Waals surface area contributed by atoms with E-state index in [1.54, 1.807) is 12.5 Å². The van der Waals surface area contributed by atoms with Gasteiger partial charge in [0.2, 0.25) is 10.0 Å². The molecule has 1 aliphatic carbocycles. The van der Waals surface area contributed by atoms with Crippen molar-refractivity contribution in [3.05, 3.63) is 30.2 Å². The van der Waals surface area contributed by atoms with E-state index in [2.05, 4.69) is 9.71 Å². The average Bonchev–Trinajstić information content (AvgIpc) is 3.17. The summed E-state index contributed by atoms with van der Waals surface area (Å²) in [6.07, 6.45) is 7.67. The first-order chi connectivity index (χ1) is 15.5. The van der Waals surface area contributed by atoms with Crippen molar-refractivity contribution in [3.8, 4) is 0 Å². The van der Waals surface area contributed by atoms with E-state index < -0.39 is 21.4 Å². The van der Waals surface area contributed by atoms with Gasteiger partial charge < -0.3 is 18.8 Å². The van der Waals surface area contributed by atoms with Crippen molar-refractivity contribution < 1.29 is 27.1 Å². The largest absolute Gasteiger partial charge is 0.462 e. The minimum absolute atomic E-state index is 0.0781. The Kier molecular flexibility index (Phi) is 6.09. The molecule has 2 aliphatic heterocycles. The van der Waals surface area contributed by atoms with Crippen LogP contribution in [0.5, 0.6) is 0 Å². The number of nitrogens with zero attached hydrogens (tertiary/aromatic N) is 2. The van der Waals surface area contributed by atoms with E-state index >= 15 is 0 Å². The minimum Gasteiger partial charge on any atom is -0.462 e. The molecule has 9 nitrogen and oxygen atoms in total. The van der Waals surface area contributed by atoms with Crippen LogP contribution in [-0.4, -0.2) is 68.1 Å². The van der Waals surface area contributed by atoms with Gasteiger partial charge in [0.1, 0.15) is 16.9 Å². The Bertz CT molecular complexity index is 1050. The number of furan rings is 1. The van der Waals surface area contributed by atoms with Gasteiger partial charge in [0.05, 0.1) is 19.5 Å². The van der Waals surface area contributed by atoms with Crippen LogP contribution >= 0.6 is 0 Å². The number of rotatable bonds is 5. The molecule has 32 heavy (non-hydrogen) atoms. The number of carbonyl (C=O) groups is 1. The number of carbonyl (C=O) groups excluding carboxylic acids is 1. The molecule has 2 aromatic heterocycles. The van der Waals surface area contributed by atoms with Crippen LogP contribution in [0.4, 0.5) is 4.79 Å². The third-order valence-electron chi connectivity index (χ3n) is 6.84. The molecule has 1 amide bonds. The first-order valence-corrected chi connectivity index (χ1v) is 12.9. The number of fused-ring (bicyclic) bond motifs is 1. The normalized spacial score (nSPS) is 25.6. The standard InChI is InChI=1S/C22H29N3O6S/c26-22(31-17-7-10-29-11-8-17)25-12-18(13-25)32(27,28)24-16-5-3-15(4-6-16)19-14-30-20-2-1-9-23-21(19)20/h1-2,9,14-18,24H,3-8,10-13H2. The Morgan fingerprint density at radius 1 is 1.12 bits per heavy atom. The quantitative estimate of drug-likeness (QED) is 0.726. The maximum Gasteiger partial charge on any atom is 0.410 e. The number of pyridine rings is 1. The van der Waals surface area contributed by atoms with E-state index in [4.69, 9.17) is 13.9 Å². The highest BCUT2D eigenvalue weighted by atomic mass is 32.2. The van der Waals surface area contributed by atoms with Crippen LogP contribution in [0.1, 0.15) is 50.0 Å². The number of amides is 1.